The van der Waals surface area contributed by atoms with Gasteiger partial charge in [-0.1, -0.05) is 0 Å². The minimum absolute atomic E-state index is 0. The fourth-order valence-electron chi connectivity index (χ4n) is 0. The molecule has 0 saturated heterocycles. The normalized spacial score (nSPS) is 1.00. The number of hydrogen-bond acceptors (Lipinski definition) is 1. The summed E-state index contributed by atoms with van der Waals surface area (Å²) in [7, 11) is 4.08. The molecule has 0 atom stereocenters. The summed E-state index contributed by atoms with van der Waals surface area (Å²) in [5.41, 5.74) is 0. The predicted octanol–water partition coefficient (Wildman–Crippen LogP) is 0.262. The third kappa shape index (κ3) is 9.08. The van der Waals surface area contributed by atoms with Gasteiger partial charge >= 0.3 is 25.3 Å². The van der Waals surface area contributed by atoms with Gasteiger partial charge in [0.05, 0.1) is 0 Å². The van der Waals surface area contributed by atoms with Crippen LogP contribution < -0.4 is 0 Å². The van der Waals surface area contributed by atoms with Crippen molar-refractivity contribution in [2.24, 2.45) is 0 Å². The van der Waals surface area contributed by atoms with E-state index in [4.69, 9.17) is 0 Å². The van der Waals surface area contributed by atoms with Crippen molar-refractivity contribution >= 4 is 25.3 Å². The van der Waals surface area contributed by atoms with Crippen molar-refractivity contribution in [2.45, 2.75) is 0 Å². The van der Waals surface area contributed by atoms with Gasteiger partial charge in [0.25, 0.3) is 0 Å². The maximum absolute atomic E-state index is 4.08. The second-order valence-electron chi connectivity index (χ2n) is 0. The minimum atomic E-state index is 0. The first kappa shape index (κ1) is 16.8. The van der Waals surface area contributed by atoms with E-state index in [1.54, 1.807) is 14.9 Å². The zero-order valence-electron chi connectivity index (χ0n) is 1.92. The maximum Gasteiger partial charge on any atom is 0 e. The smallest absolute Gasteiger partial charge is 0 e. The fourth-order valence-corrected chi connectivity index (χ4v) is 0. The van der Waals surface area contributed by atoms with Gasteiger partial charge < -0.3 is 0 Å². The van der Waals surface area contributed by atoms with Gasteiger partial charge in [-0.05, 0) is 0 Å². The molecule has 23 valence electrons. The molecule has 0 heterocycles. The molecule has 0 aliphatic carbocycles. The Morgan fingerprint density at radius 2 is 1.25 bits per heavy atom. The van der Waals surface area contributed by atoms with E-state index in [0.29, 0.717) is 0 Å². The zero-order valence-corrected chi connectivity index (χ0v) is 8.74. The molecule has 0 N–H and O–H groups in total. The minimum Gasteiger partial charge on any atom is 0 e. The van der Waals surface area contributed by atoms with Gasteiger partial charge in [-0.25, -0.2) is 0 Å². The first-order valence-corrected chi connectivity index (χ1v) is 3.18. The Hall–Kier alpha value is 1.91. The first-order chi connectivity index (χ1) is 1.00. The SMILES string of the molecule is [Cu].[S]=[Ge].[Zn]. The Balaban J connectivity index is -0.00000000500. The third-order valence-electron chi connectivity index (χ3n) is 0. The molecular formula is CuGeSZn. The van der Waals surface area contributed by atoms with Crippen LogP contribution in [0.2, 0.25) is 0 Å². The Morgan fingerprint density at radius 3 is 1.25 bits per heavy atom. The molecule has 0 aliphatic heterocycles. The van der Waals surface area contributed by atoms with Gasteiger partial charge in [0.1, 0.15) is 0 Å². The molecule has 0 amide bonds. The molecule has 0 aromatic heterocycles. The topological polar surface area (TPSA) is 0 Å². The van der Waals surface area contributed by atoms with Crippen molar-refractivity contribution in [1.29, 1.82) is 0 Å². The third-order valence-corrected chi connectivity index (χ3v) is 0. The average Bonchev–Trinajstić information content (AvgIpc) is 1.00. The van der Waals surface area contributed by atoms with Crippen molar-refractivity contribution in [2.75, 3.05) is 0 Å². The standard InChI is InChI=1S/Cu.GeS.Zn/c;1-2;. The largest absolute Gasteiger partial charge is 0 e. The Bertz CT molecular complexity index is 8.00. The summed E-state index contributed by atoms with van der Waals surface area (Å²) in [6, 6.07) is 0. The van der Waals surface area contributed by atoms with Crippen LogP contribution in [0.3, 0.4) is 0 Å². The van der Waals surface area contributed by atoms with Crippen LogP contribution in [0.4, 0.5) is 0 Å². The number of rotatable bonds is 0. The van der Waals surface area contributed by atoms with Crippen molar-refractivity contribution < 1.29 is 36.5 Å². The monoisotopic (exact) mass is 233 g/mol. The van der Waals surface area contributed by atoms with Gasteiger partial charge in [-0.15, -0.1) is 0 Å². The molecule has 0 fully saturated rings. The number of hydrogen-bond donors (Lipinski definition) is 0. The molecule has 0 unspecified atom stereocenters. The quantitative estimate of drug-likeness (QED) is 0.541. The van der Waals surface area contributed by atoms with Crippen LogP contribution >= 0.6 is 10.5 Å². The first-order valence-electron chi connectivity index (χ1n) is 0.204. The molecule has 3 radical (unpaired) electrons. The van der Waals surface area contributed by atoms with Gasteiger partial charge in [0.15, 0.2) is 0 Å². The molecule has 4 heteroatoms. The molecule has 0 spiro atoms. The van der Waals surface area contributed by atoms with E-state index in [-0.39, 0.29) is 36.5 Å². The average molecular weight is 234 g/mol. The second-order valence-corrected chi connectivity index (χ2v) is 0. The maximum atomic E-state index is 4.08. The summed E-state index contributed by atoms with van der Waals surface area (Å²) in [6.07, 6.45) is 0. The molecule has 4 heavy (non-hydrogen) atoms. The van der Waals surface area contributed by atoms with Gasteiger partial charge in [0.2, 0.25) is 0 Å². The van der Waals surface area contributed by atoms with Crippen LogP contribution in [0.1, 0.15) is 0 Å². The zero-order chi connectivity index (χ0) is 2.00. The summed E-state index contributed by atoms with van der Waals surface area (Å²) in [5, 5.41) is 0. The molecule has 0 nitrogen and oxygen atoms in total. The second kappa shape index (κ2) is 20.6. The molecule has 0 rings (SSSR count). The van der Waals surface area contributed by atoms with Crippen molar-refractivity contribution in [3.63, 3.8) is 0 Å². The van der Waals surface area contributed by atoms with E-state index in [9.17, 15) is 0 Å². The van der Waals surface area contributed by atoms with Crippen molar-refractivity contribution in [3.8, 4) is 0 Å². The van der Waals surface area contributed by atoms with E-state index in [1.165, 1.54) is 0 Å². The summed E-state index contributed by atoms with van der Waals surface area (Å²) < 4.78 is 0. The van der Waals surface area contributed by atoms with Crippen molar-refractivity contribution in [1.82, 2.24) is 0 Å². The van der Waals surface area contributed by atoms with Crippen LogP contribution in [0, 0.1) is 0 Å². The van der Waals surface area contributed by atoms with E-state index in [2.05, 4.69) is 10.5 Å². The molecule has 0 bridgehead atoms. The van der Waals surface area contributed by atoms with E-state index < -0.39 is 0 Å². The Kier molecular flexibility index (Phi) is 86.7. The van der Waals surface area contributed by atoms with Crippen LogP contribution in [0.25, 0.3) is 0 Å². The van der Waals surface area contributed by atoms with Crippen molar-refractivity contribution in [3.05, 3.63) is 0 Å². The molecule has 0 aliphatic rings. The molecule has 0 aromatic carbocycles. The predicted molar refractivity (Wildman–Crippen MR) is 13.3 cm³/mol. The molecular weight excluding hydrogens is 234 g/mol. The Morgan fingerprint density at radius 1 is 1.25 bits per heavy atom. The van der Waals surface area contributed by atoms with Crippen LogP contribution in [-0.4, -0.2) is 14.9 Å². The summed E-state index contributed by atoms with van der Waals surface area (Å²) in [5.74, 6) is 0. The van der Waals surface area contributed by atoms with E-state index in [0.717, 1.165) is 0 Å². The Labute approximate surface area is 61.4 Å². The van der Waals surface area contributed by atoms with Crippen LogP contribution in [0.15, 0.2) is 0 Å². The van der Waals surface area contributed by atoms with Gasteiger partial charge in [-0.3, -0.25) is 0 Å². The summed E-state index contributed by atoms with van der Waals surface area (Å²) in [6.45, 7) is 0. The van der Waals surface area contributed by atoms with Crippen LogP contribution in [-0.2, 0) is 36.5 Å². The van der Waals surface area contributed by atoms with Gasteiger partial charge in [0, 0.05) is 36.5 Å². The van der Waals surface area contributed by atoms with E-state index >= 15 is 0 Å². The van der Waals surface area contributed by atoms with Crippen LogP contribution in [0.5, 0.6) is 0 Å². The molecule has 0 aromatic rings. The van der Waals surface area contributed by atoms with E-state index in [1.807, 2.05) is 0 Å². The molecule has 0 saturated carbocycles. The summed E-state index contributed by atoms with van der Waals surface area (Å²) >= 11 is 1.58. The fraction of sp³-hybridized carbons (Fsp3) is 0. The van der Waals surface area contributed by atoms with Gasteiger partial charge in [-0.2, -0.15) is 0 Å². The summed E-state index contributed by atoms with van der Waals surface area (Å²) in [4.78, 5) is 0.